The van der Waals surface area contributed by atoms with Crippen molar-refractivity contribution >= 4 is 18.5 Å². The maximum Gasteiger partial charge on any atom is 0.251 e. The standard InChI is InChI=1S/C11H23NO2S/c1-4-5-8-14-11(2,3)10(13)12-7-6-9-15/h15H,4-9H2,1-3H3,(H,12,13). The Hall–Kier alpha value is -0.220. The van der Waals surface area contributed by atoms with E-state index in [1.54, 1.807) is 13.8 Å². The summed E-state index contributed by atoms with van der Waals surface area (Å²) in [6, 6.07) is 0. The van der Waals surface area contributed by atoms with Gasteiger partial charge in [0.25, 0.3) is 5.91 Å². The predicted molar refractivity (Wildman–Crippen MR) is 66.4 cm³/mol. The van der Waals surface area contributed by atoms with Crippen LogP contribution >= 0.6 is 12.6 Å². The number of carbonyl (C=O) groups is 1. The van der Waals surface area contributed by atoms with E-state index in [1.807, 2.05) is 0 Å². The summed E-state index contributed by atoms with van der Waals surface area (Å²) in [7, 11) is 0. The topological polar surface area (TPSA) is 38.3 Å². The zero-order chi connectivity index (χ0) is 11.7. The lowest BCUT2D eigenvalue weighted by Crippen LogP contribution is -2.44. The Labute approximate surface area is 98.4 Å². The number of hydrogen-bond donors (Lipinski definition) is 2. The van der Waals surface area contributed by atoms with Crippen molar-refractivity contribution < 1.29 is 9.53 Å². The van der Waals surface area contributed by atoms with Gasteiger partial charge < -0.3 is 10.1 Å². The normalized spacial score (nSPS) is 11.5. The van der Waals surface area contributed by atoms with Gasteiger partial charge in [-0.05, 0) is 32.4 Å². The molecule has 3 nitrogen and oxygen atoms in total. The van der Waals surface area contributed by atoms with Crippen molar-refractivity contribution in [1.82, 2.24) is 5.32 Å². The summed E-state index contributed by atoms with van der Waals surface area (Å²) in [4.78, 5) is 11.7. The van der Waals surface area contributed by atoms with Gasteiger partial charge in [-0.1, -0.05) is 13.3 Å². The molecule has 4 heteroatoms. The van der Waals surface area contributed by atoms with Crippen LogP contribution in [0.5, 0.6) is 0 Å². The molecule has 0 bridgehead atoms. The number of unbranched alkanes of at least 4 members (excludes halogenated alkanes) is 1. The summed E-state index contributed by atoms with van der Waals surface area (Å²) in [5, 5.41) is 2.84. The highest BCUT2D eigenvalue weighted by atomic mass is 32.1. The average molecular weight is 233 g/mol. The Morgan fingerprint density at radius 1 is 1.40 bits per heavy atom. The summed E-state index contributed by atoms with van der Waals surface area (Å²) in [6.45, 7) is 7.02. The van der Waals surface area contributed by atoms with Gasteiger partial charge in [-0.15, -0.1) is 0 Å². The van der Waals surface area contributed by atoms with Gasteiger partial charge >= 0.3 is 0 Å². The molecule has 0 aliphatic heterocycles. The maximum absolute atomic E-state index is 11.7. The average Bonchev–Trinajstić information content (AvgIpc) is 2.18. The van der Waals surface area contributed by atoms with Crippen molar-refractivity contribution in [1.29, 1.82) is 0 Å². The van der Waals surface area contributed by atoms with Crippen molar-refractivity contribution in [2.45, 2.75) is 45.6 Å². The van der Waals surface area contributed by atoms with Gasteiger partial charge in [0.15, 0.2) is 0 Å². The first-order valence-electron chi connectivity index (χ1n) is 5.57. The van der Waals surface area contributed by atoms with Gasteiger partial charge in [-0.2, -0.15) is 12.6 Å². The third-order valence-corrected chi connectivity index (χ3v) is 2.44. The number of hydrogen-bond acceptors (Lipinski definition) is 3. The molecule has 0 unspecified atom stereocenters. The van der Waals surface area contributed by atoms with Crippen molar-refractivity contribution in [2.24, 2.45) is 0 Å². The lowest BCUT2D eigenvalue weighted by Gasteiger charge is -2.24. The van der Waals surface area contributed by atoms with Crippen molar-refractivity contribution in [3.63, 3.8) is 0 Å². The molecule has 0 aromatic rings. The second kappa shape index (κ2) is 7.99. The highest BCUT2D eigenvalue weighted by Gasteiger charge is 2.27. The van der Waals surface area contributed by atoms with Gasteiger partial charge in [0, 0.05) is 13.2 Å². The molecule has 1 amide bonds. The minimum atomic E-state index is -0.716. The smallest absolute Gasteiger partial charge is 0.251 e. The molecule has 0 saturated carbocycles. The lowest BCUT2D eigenvalue weighted by atomic mass is 10.1. The molecule has 90 valence electrons. The second-order valence-corrected chi connectivity index (χ2v) is 4.49. The number of amides is 1. The van der Waals surface area contributed by atoms with Crippen LogP contribution < -0.4 is 5.32 Å². The van der Waals surface area contributed by atoms with Crippen LogP contribution in [0.25, 0.3) is 0 Å². The van der Waals surface area contributed by atoms with Gasteiger partial charge in [-0.3, -0.25) is 4.79 Å². The van der Waals surface area contributed by atoms with Gasteiger partial charge in [0.2, 0.25) is 0 Å². The van der Waals surface area contributed by atoms with Crippen LogP contribution in [0.4, 0.5) is 0 Å². The lowest BCUT2D eigenvalue weighted by molar-refractivity contribution is -0.142. The van der Waals surface area contributed by atoms with E-state index in [1.165, 1.54) is 0 Å². The van der Waals surface area contributed by atoms with Crippen LogP contribution in [0.1, 0.15) is 40.0 Å². The molecule has 0 rings (SSSR count). The Morgan fingerprint density at radius 2 is 2.07 bits per heavy atom. The highest BCUT2D eigenvalue weighted by Crippen LogP contribution is 2.10. The number of carbonyl (C=O) groups excluding carboxylic acids is 1. The van der Waals surface area contributed by atoms with E-state index < -0.39 is 5.60 Å². The summed E-state index contributed by atoms with van der Waals surface area (Å²) in [6.07, 6.45) is 2.96. The third-order valence-electron chi connectivity index (χ3n) is 2.13. The first-order valence-corrected chi connectivity index (χ1v) is 6.21. The van der Waals surface area contributed by atoms with Gasteiger partial charge in [0.05, 0.1) is 0 Å². The predicted octanol–water partition coefficient (Wildman–Crippen LogP) is 2.02. The Kier molecular flexibility index (Phi) is 7.88. The molecule has 1 N–H and O–H groups in total. The molecule has 0 atom stereocenters. The van der Waals surface area contributed by atoms with Gasteiger partial charge in [0.1, 0.15) is 5.60 Å². The molecule has 0 spiro atoms. The fourth-order valence-corrected chi connectivity index (χ4v) is 1.19. The molecule has 15 heavy (non-hydrogen) atoms. The summed E-state index contributed by atoms with van der Waals surface area (Å²) < 4.78 is 5.53. The number of nitrogens with one attached hydrogen (secondary N) is 1. The van der Waals surface area contributed by atoms with Gasteiger partial charge in [-0.25, -0.2) is 0 Å². The van der Waals surface area contributed by atoms with E-state index in [0.29, 0.717) is 13.2 Å². The molecule has 0 saturated heterocycles. The summed E-state index contributed by atoms with van der Waals surface area (Å²) >= 11 is 4.08. The zero-order valence-corrected chi connectivity index (χ0v) is 10.9. The minimum absolute atomic E-state index is 0.0413. The zero-order valence-electron chi connectivity index (χ0n) is 10.0. The molecule has 0 aliphatic rings. The number of thiol groups is 1. The van der Waals surface area contributed by atoms with Crippen molar-refractivity contribution in [2.75, 3.05) is 18.9 Å². The quantitative estimate of drug-likeness (QED) is 0.497. The molecular formula is C11H23NO2S. The minimum Gasteiger partial charge on any atom is -0.366 e. The number of ether oxygens (including phenoxy) is 1. The van der Waals surface area contributed by atoms with Crippen LogP contribution in [0.3, 0.4) is 0 Å². The molecule has 0 aromatic heterocycles. The Morgan fingerprint density at radius 3 is 2.60 bits per heavy atom. The maximum atomic E-state index is 11.7. The summed E-state index contributed by atoms with van der Waals surface area (Å²) in [5.74, 6) is 0.748. The largest absolute Gasteiger partial charge is 0.366 e. The Balaban J connectivity index is 3.80. The second-order valence-electron chi connectivity index (χ2n) is 4.05. The van der Waals surface area contributed by atoms with E-state index in [2.05, 4.69) is 24.9 Å². The van der Waals surface area contributed by atoms with E-state index >= 15 is 0 Å². The fourth-order valence-electron chi connectivity index (χ4n) is 1.03. The molecular weight excluding hydrogens is 210 g/mol. The van der Waals surface area contributed by atoms with E-state index in [4.69, 9.17) is 4.74 Å². The van der Waals surface area contributed by atoms with E-state index in [0.717, 1.165) is 25.0 Å². The van der Waals surface area contributed by atoms with Crippen LogP contribution in [-0.2, 0) is 9.53 Å². The highest BCUT2D eigenvalue weighted by molar-refractivity contribution is 7.80. The number of rotatable bonds is 8. The van der Waals surface area contributed by atoms with Crippen molar-refractivity contribution in [3.8, 4) is 0 Å². The molecule has 0 aliphatic carbocycles. The van der Waals surface area contributed by atoms with Crippen LogP contribution in [0.15, 0.2) is 0 Å². The first kappa shape index (κ1) is 14.8. The SMILES string of the molecule is CCCCOC(C)(C)C(=O)NCCCS. The van der Waals surface area contributed by atoms with Crippen LogP contribution in [0, 0.1) is 0 Å². The third kappa shape index (κ3) is 6.79. The molecule has 0 heterocycles. The van der Waals surface area contributed by atoms with E-state index in [9.17, 15) is 4.79 Å². The fraction of sp³-hybridized carbons (Fsp3) is 0.909. The first-order chi connectivity index (χ1) is 7.04. The molecule has 0 fully saturated rings. The van der Waals surface area contributed by atoms with Crippen LogP contribution in [-0.4, -0.2) is 30.4 Å². The summed E-state index contributed by atoms with van der Waals surface area (Å²) in [5.41, 5.74) is -0.716. The monoisotopic (exact) mass is 233 g/mol. The van der Waals surface area contributed by atoms with Crippen molar-refractivity contribution in [3.05, 3.63) is 0 Å². The van der Waals surface area contributed by atoms with E-state index in [-0.39, 0.29) is 5.91 Å². The van der Waals surface area contributed by atoms with Crippen LogP contribution in [0.2, 0.25) is 0 Å². The Bertz CT molecular complexity index is 183. The molecule has 0 radical (unpaired) electrons. The molecule has 0 aromatic carbocycles.